The highest BCUT2D eigenvalue weighted by Crippen LogP contribution is 2.29. The molecule has 1 saturated heterocycles. The number of likely N-dealkylation sites (N-methyl/N-ethyl adjacent to an activating group) is 2. The predicted molar refractivity (Wildman–Crippen MR) is 64.1 cm³/mol. The van der Waals surface area contributed by atoms with Gasteiger partial charge in [-0.2, -0.15) is 0 Å². The molecule has 2 fully saturated rings. The topological polar surface area (TPSA) is 27.3 Å². The van der Waals surface area contributed by atoms with Crippen LogP contribution in [0.15, 0.2) is 0 Å². The lowest BCUT2D eigenvalue weighted by Crippen LogP contribution is -2.59. The summed E-state index contributed by atoms with van der Waals surface area (Å²) in [4.78, 5) is 2.44. The number of nitrogens with zero attached hydrogens (tertiary/aromatic N) is 1. The lowest BCUT2D eigenvalue weighted by atomic mass is 9.91. The van der Waals surface area contributed by atoms with E-state index in [1.165, 1.54) is 38.8 Å². The van der Waals surface area contributed by atoms with Crippen molar-refractivity contribution >= 4 is 0 Å². The molecule has 1 aliphatic carbocycles. The molecule has 2 unspecified atom stereocenters. The van der Waals surface area contributed by atoms with Gasteiger partial charge in [-0.15, -0.1) is 0 Å². The maximum atomic E-state index is 3.67. The first-order chi connectivity index (χ1) is 7.31. The third-order valence-electron chi connectivity index (χ3n) is 4.08. The van der Waals surface area contributed by atoms with Crippen LogP contribution in [-0.4, -0.2) is 50.7 Å². The molecule has 0 amide bonds. The molecule has 2 N–H and O–H groups in total. The molecule has 3 heteroatoms. The van der Waals surface area contributed by atoms with Gasteiger partial charge in [0, 0.05) is 31.7 Å². The van der Waals surface area contributed by atoms with Crippen molar-refractivity contribution in [1.29, 1.82) is 0 Å². The van der Waals surface area contributed by atoms with Crippen LogP contribution in [0.2, 0.25) is 0 Å². The lowest BCUT2D eigenvalue weighted by Gasteiger charge is -2.38. The van der Waals surface area contributed by atoms with E-state index in [1.807, 2.05) is 0 Å². The van der Waals surface area contributed by atoms with Gasteiger partial charge >= 0.3 is 0 Å². The van der Waals surface area contributed by atoms with E-state index >= 15 is 0 Å². The van der Waals surface area contributed by atoms with Gasteiger partial charge in [-0.1, -0.05) is 12.8 Å². The van der Waals surface area contributed by atoms with Crippen molar-refractivity contribution in [3.05, 3.63) is 0 Å². The van der Waals surface area contributed by atoms with Crippen LogP contribution in [0.1, 0.15) is 25.7 Å². The Hall–Kier alpha value is -0.120. The van der Waals surface area contributed by atoms with Gasteiger partial charge in [0.15, 0.2) is 0 Å². The summed E-state index contributed by atoms with van der Waals surface area (Å²) in [5, 5.41) is 7.22. The van der Waals surface area contributed by atoms with Crippen molar-refractivity contribution in [3.63, 3.8) is 0 Å². The number of piperazine rings is 1. The fraction of sp³-hybridized carbons (Fsp3) is 1.00. The Morgan fingerprint density at radius 1 is 1.33 bits per heavy atom. The predicted octanol–water partition coefficient (Wildman–Crippen LogP) is 0.668. The van der Waals surface area contributed by atoms with Gasteiger partial charge in [-0.05, 0) is 32.9 Å². The van der Waals surface area contributed by atoms with E-state index in [2.05, 4.69) is 29.6 Å². The Morgan fingerprint density at radius 3 is 2.67 bits per heavy atom. The number of nitrogens with one attached hydrogen (secondary N) is 2. The Morgan fingerprint density at radius 2 is 2.07 bits per heavy atom. The van der Waals surface area contributed by atoms with Crippen LogP contribution in [0.3, 0.4) is 0 Å². The minimum Gasteiger partial charge on any atom is -0.315 e. The fourth-order valence-corrected chi connectivity index (χ4v) is 3.25. The van der Waals surface area contributed by atoms with Gasteiger partial charge in [0.1, 0.15) is 0 Å². The van der Waals surface area contributed by atoms with Gasteiger partial charge in [0.25, 0.3) is 0 Å². The van der Waals surface area contributed by atoms with Gasteiger partial charge in [0.2, 0.25) is 0 Å². The summed E-state index contributed by atoms with van der Waals surface area (Å²) in [6.07, 6.45) is 5.72. The largest absolute Gasteiger partial charge is 0.315 e. The van der Waals surface area contributed by atoms with Crippen molar-refractivity contribution in [2.45, 2.75) is 37.8 Å². The smallest absolute Gasteiger partial charge is 0.0352 e. The third kappa shape index (κ3) is 2.71. The van der Waals surface area contributed by atoms with Crippen LogP contribution in [0.5, 0.6) is 0 Å². The summed E-state index contributed by atoms with van der Waals surface area (Å²) in [5.74, 6) is 0.902. The van der Waals surface area contributed by atoms with Gasteiger partial charge < -0.3 is 15.5 Å². The Bertz CT molecular complexity index is 189. The highest BCUT2D eigenvalue weighted by Gasteiger charge is 2.32. The first kappa shape index (κ1) is 11.4. The summed E-state index contributed by atoms with van der Waals surface area (Å²) in [5.41, 5.74) is 0. The lowest BCUT2D eigenvalue weighted by molar-refractivity contribution is 0.181. The fourth-order valence-electron chi connectivity index (χ4n) is 3.25. The van der Waals surface area contributed by atoms with E-state index < -0.39 is 0 Å². The molecule has 15 heavy (non-hydrogen) atoms. The number of hydrogen-bond donors (Lipinski definition) is 2. The number of hydrogen-bond acceptors (Lipinski definition) is 3. The van der Waals surface area contributed by atoms with Crippen molar-refractivity contribution in [2.24, 2.45) is 5.92 Å². The second kappa shape index (κ2) is 5.28. The van der Waals surface area contributed by atoms with E-state index in [-0.39, 0.29) is 0 Å². The summed E-state index contributed by atoms with van der Waals surface area (Å²) >= 11 is 0. The molecule has 2 rings (SSSR count). The molecule has 0 aromatic heterocycles. The van der Waals surface area contributed by atoms with Crippen LogP contribution in [0.25, 0.3) is 0 Å². The van der Waals surface area contributed by atoms with Crippen LogP contribution in [0, 0.1) is 5.92 Å². The van der Waals surface area contributed by atoms with E-state index in [0.717, 1.165) is 12.5 Å². The van der Waals surface area contributed by atoms with Crippen LogP contribution in [0.4, 0.5) is 0 Å². The minimum atomic E-state index is 0.650. The van der Waals surface area contributed by atoms with Crippen LogP contribution < -0.4 is 10.6 Å². The molecule has 3 nitrogen and oxygen atoms in total. The van der Waals surface area contributed by atoms with E-state index in [4.69, 9.17) is 0 Å². The van der Waals surface area contributed by atoms with Crippen molar-refractivity contribution < 1.29 is 0 Å². The Balaban J connectivity index is 1.92. The van der Waals surface area contributed by atoms with E-state index in [0.29, 0.717) is 12.1 Å². The molecule has 0 aromatic rings. The van der Waals surface area contributed by atoms with Crippen molar-refractivity contribution in [3.8, 4) is 0 Å². The zero-order chi connectivity index (χ0) is 10.7. The highest BCUT2D eigenvalue weighted by atomic mass is 15.2. The number of rotatable bonds is 3. The first-order valence-electron chi connectivity index (χ1n) is 6.40. The molecular weight excluding hydrogens is 186 g/mol. The second-order valence-corrected chi connectivity index (χ2v) is 5.18. The van der Waals surface area contributed by atoms with E-state index in [9.17, 15) is 0 Å². The van der Waals surface area contributed by atoms with Crippen LogP contribution in [-0.2, 0) is 0 Å². The first-order valence-corrected chi connectivity index (χ1v) is 6.40. The zero-order valence-corrected chi connectivity index (χ0v) is 10.1. The highest BCUT2D eigenvalue weighted by molar-refractivity contribution is 4.92. The average molecular weight is 211 g/mol. The molecule has 2 atom stereocenters. The maximum Gasteiger partial charge on any atom is 0.0352 e. The monoisotopic (exact) mass is 211 g/mol. The Kier molecular flexibility index (Phi) is 4.00. The molecule has 1 heterocycles. The molecule has 0 bridgehead atoms. The zero-order valence-electron chi connectivity index (χ0n) is 10.1. The average Bonchev–Trinajstić information content (AvgIpc) is 2.72. The molecule has 0 aromatic carbocycles. The molecule has 1 saturated carbocycles. The standard InChI is InChI=1S/C12H25N3/c1-13-12(10-5-3-4-6-10)11-9-15(2)8-7-14-11/h10-14H,3-9H2,1-2H3. The van der Waals surface area contributed by atoms with Crippen molar-refractivity contribution in [1.82, 2.24) is 15.5 Å². The van der Waals surface area contributed by atoms with Gasteiger partial charge in [0.05, 0.1) is 0 Å². The molecule has 1 aliphatic heterocycles. The second-order valence-electron chi connectivity index (χ2n) is 5.18. The maximum absolute atomic E-state index is 3.67. The molecule has 2 aliphatic rings. The quantitative estimate of drug-likeness (QED) is 0.718. The molecule has 88 valence electrons. The summed E-state index contributed by atoms with van der Waals surface area (Å²) in [6.45, 7) is 3.53. The van der Waals surface area contributed by atoms with E-state index in [1.54, 1.807) is 0 Å². The van der Waals surface area contributed by atoms with Crippen LogP contribution >= 0.6 is 0 Å². The Labute approximate surface area is 93.6 Å². The molecular formula is C12H25N3. The van der Waals surface area contributed by atoms with Gasteiger partial charge in [-0.3, -0.25) is 0 Å². The summed E-state index contributed by atoms with van der Waals surface area (Å²) in [7, 11) is 4.36. The van der Waals surface area contributed by atoms with Crippen molar-refractivity contribution in [2.75, 3.05) is 33.7 Å². The summed E-state index contributed by atoms with van der Waals surface area (Å²) in [6, 6.07) is 1.33. The molecule has 0 radical (unpaired) electrons. The summed E-state index contributed by atoms with van der Waals surface area (Å²) < 4.78 is 0. The normalized spacial score (nSPS) is 32.0. The third-order valence-corrected chi connectivity index (χ3v) is 4.08. The van der Waals surface area contributed by atoms with Gasteiger partial charge in [-0.25, -0.2) is 0 Å². The molecule has 0 spiro atoms. The SMILES string of the molecule is CNC(C1CCCC1)C1CN(C)CCN1. The minimum absolute atomic E-state index is 0.650.